The van der Waals surface area contributed by atoms with Crippen LogP contribution in [0.15, 0.2) is 71.4 Å². The van der Waals surface area contributed by atoms with E-state index in [-0.39, 0.29) is 6.04 Å². The summed E-state index contributed by atoms with van der Waals surface area (Å²) in [4.78, 5) is 4.74. The van der Waals surface area contributed by atoms with Crippen LogP contribution in [-0.2, 0) is 17.8 Å². The molecule has 1 aliphatic rings. The number of fused-ring (bicyclic) bond motifs is 1. The van der Waals surface area contributed by atoms with Crippen LogP contribution in [-0.4, -0.2) is 19.4 Å². The maximum Gasteiger partial charge on any atom is 0.167 e. The smallest absolute Gasteiger partial charge is 0.167 e. The SMILES string of the molecule is CC(C)(C)[S+]([O-])NC(Cc1ncccc1C1CC1)c1ccccc1-c1noc2ccccc12. The third kappa shape index (κ3) is 4.69. The minimum Gasteiger partial charge on any atom is -0.598 e. The molecule has 0 radical (unpaired) electrons. The number of nitrogens with one attached hydrogen (secondary N) is 1. The van der Waals surface area contributed by atoms with Gasteiger partial charge in [0.1, 0.15) is 10.4 Å². The Morgan fingerprint density at radius 3 is 2.61 bits per heavy atom. The summed E-state index contributed by atoms with van der Waals surface area (Å²) in [7, 11) is 0. The molecule has 33 heavy (non-hydrogen) atoms. The minimum atomic E-state index is -1.25. The van der Waals surface area contributed by atoms with Crippen LogP contribution in [0.4, 0.5) is 0 Å². The Morgan fingerprint density at radius 1 is 1.06 bits per heavy atom. The highest BCUT2D eigenvalue weighted by Crippen LogP contribution is 2.42. The summed E-state index contributed by atoms with van der Waals surface area (Å²) in [6, 6.07) is 20.1. The second kappa shape index (κ2) is 8.93. The summed E-state index contributed by atoms with van der Waals surface area (Å²) in [5.74, 6) is 0.595. The summed E-state index contributed by atoms with van der Waals surface area (Å²) in [6.45, 7) is 5.96. The van der Waals surface area contributed by atoms with E-state index in [1.807, 2.05) is 69.4 Å². The van der Waals surface area contributed by atoms with Crippen molar-refractivity contribution in [1.29, 1.82) is 0 Å². The molecule has 1 N–H and O–H groups in total. The first-order chi connectivity index (χ1) is 15.9. The van der Waals surface area contributed by atoms with E-state index in [2.05, 4.69) is 28.1 Å². The monoisotopic (exact) mass is 459 g/mol. The third-order valence-corrected chi connectivity index (χ3v) is 7.73. The van der Waals surface area contributed by atoms with Gasteiger partial charge in [-0.2, -0.15) is 0 Å². The average Bonchev–Trinajstić information content (AvgIpc) is 3.57. The number of rotatable bonds is 7. The van der Waals surface area contributed by atoms with E-state index in [9.17, 15) is 4.55 Å². The van der Waals surface area contributed by atoms with Crippen molar-refractivity contribution >= 4 is 22.3 Å². The summed E-state index contributed by atoms with van der Waals surface area (Å²) < 4.78 is 21.9. The molecule has 5 rings (SSSR count). The lowest BCUT2D eigenvalue weighted by molar-refractivity contribution is 0.459. The van der Waals surface area contributed by atoms with Gasteiger partial charge < -0.3 is 9.08 Å². The van der Waals surface area contributed by atoms with Crippen LogP contribution in [0, 0.1) is 0 Å². The minimum absolute atomic E-state index is 0.191. The molecule has 2 atom stereocenters. The number of hydrogen-bond donors (Lipinski definition) is 1. The second-order valence-electron chi connectivity index (χ2n) is 9.68. The number of aromatic nitrogens is 2. The van der Waals surface area contributed by atoms with Gasteiger partial charge in [0.15, 0.2) is 5.58 Å². The molecule has 2 heterocycles. The lowest BCUT2D eigenvalue weighted by Gasteiger charge is -2.29. The van der Waals surface area contributed by atoms with E-state index >= 15 is 0 Å². The zero-order valence-corrected chi connectivity index (χ0v) is 20.1. The molecule has 1 fully saturated rings. The molecule has 2 unspecified atom stereocenters. The number of para-hydroxylation sites is 1. The largest absolute Gasteiger partial charge is 0.598 e. The second-order valence-corrected chi connectivity index (χ2v) is 11.7. The van der Waals surface area contributed by atoms with E-state index in [1.54, 1.807) is 0 Å². The summed E-state index contributed by atoms with van der Waals surface area (Å²) in [5.41, 5.74) is 5.97. The lowest BCUT2D eigenvalue weighted by Crippen LogP contribution is -2.42. The van der Waals surface area contributed by atoms with Crippen molar-refractivity contribution in [3.63, 3.8) is 0 Å². The van der Waals surface area contributed by atoms with Crippen LogP contribution in [0.2, 0.25) is 0 Å². The van der Waals surface area contributed by atoms with Crippen molar-refractivity contribution in [1.82, 2.24) is 14.9 Å². The van der Waals surface area contributed by atoms with Crippen LogP contribution < -0.4 is 4.72 Å². The van der Waals surface area contributed by atoms with Crippen molar-refractivity contribution in [2.24, 2.45) is 0 Å². The van der Waals surface area contributed by atoms with Gasteiger partial charge in [0.05, 0.1) is 6.04 Å². The van der Waals surface area contributed by atoms with Gasteiger partial charge in [-0.3, -0.25) is 4.98 Å². The first kappa shape index (κ1) is 22.1. The fourth-order valence-electron chi connectivity index (χ4n) is 4.20. The average molecular weight is 460 g/mol. The lowest BCUT2D eigenvalue weighted by atomic mass is 9.93. The highest BCUT2D eigenvalue weighted by Gasteiger charge is 2.33. The summed E-state index contributed by atoms with van der Waals surface area (Å²) >= 11 is -1.25. The molecule has 1 aliphatic carbocycles. The van der Waals surface area contributed by atoms with Crippen molar-refractivity contribution in [2.75, 3.05) is 0 Å². The number of nitrogens with zero attached hydrogens (tertiary/aromatic N) is 2. The van der Waals surface area contributed by atoms with E-state index in [4.69, 9.17) is 9.51 Å². The van der Waals surface area contributed by atoms with Crippen LogP contribution in [0.3, 0.4) is 0 Å². The van der Waals surface area contributed by atoms with Gasteiger partial charge in [-0.15, -0.1) is 4.72 Å². The van der Waals surface area contributed by atoms with Gasteiger partial charge in [-0.25, -0.2) is 0 Å². The fraction of sp³-hybridized carbons (Fsp3) is 0.333. The number of pyridine rings is 1. The molecule has 4 aromatic rings. The predicted molar refractivity (Wildman–Crippen MR) is 133 cm³/mol. The van der Waals surface area contributed by atoms with Crippen molar-refractivity contribution < 1.29 is 9.08 Å². The Morgan fingerprint density at radius 2 is 1.82 bits per heavy atom. The van der Waals surface area contributed by atoms with Crippen LogP contribution in [0.25, 0.3) is 22.2 Å². The Hall–Kier alpha value is -2.67. The highest BCUT2D eigenvalue weighted by molar-refractivity contribution is 7.90. The molecule has 2 aromatic carbocycles. The Kier molecular flexibility index (Phi) is 5.99. The molecule has 0 spiro atoms. The van der Waals surface area contributed by atoms with Crippen LogP contribution >= 0.6 is 0 Å². The van der Waals surface area contributed by atoms with Crippen LogP contribution in [0.5, 0.6) is 0 Å². The molecule has 170 valence electrons. The van der Waals surface area contributed by atoms with Crippen molar-refractivity contribution in [2.45, 2.75) is 56.7 Å². The van der Waals surface area contributed by atoms with Gasteiger partial charge in [0, 0.05) is 40.6 Å². The number of benzene rings is 2. The zero-order chi connectivity index (χ0) is 23.0. The molecule has 1 saturated carbocycles. The normalized spacial score (nSPS) is 16.1. The molecule has 0 saturated heterocycles. The standard InChI is InChI=1S/C27H29N3O2S/c1-27(2,3)33(31)30-24(17-23-19(18-14-15-18)12-8-16-28-23)20-9-4-5-10-21(20)26-22-11-6-7-13-25(22)32-29-26/h4-13,16,18,24,30H,14-15,17H2,1-3H3. The maximum atomic E-state index is 13.2. The Balaban J connectivity index is 1.59. The molecular weight excluding hydrogens is 430 g/mol. The molecule has 2 aromatic heterocycles. The fourth-order valence-corrected chi connectivity index (χ4v) is 5.02. The van der Waals surface area contributed by atoms with Crippen molar-refractivity contribution in [3.8, 4) is 11.3 Å². The molecule has 6 heteroatoms. The van der Waals surface area contributed by atoms with E-state index in [0.717, 1.165) is 33.5 Å². The van der Waals surface area contributed by atoms with Gasteiger partial charge in [-0.05, 0) is 68.9 Å². The Labute approximate surface area is 197 Å². The first-order valence-corrected chi connectivity index (χ1v) is 12.6. The maximum absolute atomic E-state index is 13.2. The van der Waals surface area contributed by atoms with Crippen LogP contribution in [0.1, 0.15) is 62.4 Å². The molecule has 0 bridgehead atoms. The highest BCUT2D eigenvalue weighted by atomic mass is 32.2. The first-order valence-electron chi connectivity index (χ1n) is 11.5. The summed E-state index contributed by atoms with van der Waals surface area (Å²) in [5, 5.41) is 5.37. The summed E-state index contributed by atoms with van der Waals surface area (Å²) in [6.07, 6.45) is 4.94. The number of hydrogen-bond acceptors (Lipinski definition) is 5. The Bertz CT molecular complexity index is 1260. The quantitative estimate of drug-likeness (QED) is 0.338. The molecular formula is C27H29N3O2S. The molecule has 0 aliphatic heterocycles. The predicted octanol–water partition coefficient (Wildman–Crippen LogP) is 6.10. The van der Waals surface area contributed by atoms with Crippen molar-refractivity contribution in [3.05, 3.63) is 83.7 Å². The molecule has 0 amide bonds. The van der Waals surface area contributed by atoms with Gasteiger partial charge in [0.2, 0.25) is 0 Å². The molecule has 5 nitrogen and oxygen atoms in total. The van der Waals surface area contributed by atoms with Gasteiger partial charge in [-0.1, -0.05) is 47.6 Å². The topological polar surface area (TPSA) is 74.0 Å². The zero-order valence-electron chi connectivity index (χ0n) is 19.2. The van der Waals surface area contributed by atoms with E-state index in [0.29, 0.717) is 12.3 Å². The third-order valence-electron chi connectivity index (χ3n) is 6.11. The van der Waals surface area contributed by atoms with Gasteiger partial charge >= 0.3 is 0 Å². The van der Waals surface area contributed by atoms with E-state index in [1.165, 1.54) is 18.4 Å². The van der Waals surface area contributed by atoms with E-state index < -0.39 is 16.1 Å². The van der Waals surface area contributed by atoms with Gasteiger partial charge in [0.25, 0.3) is 0 Å².